The molecule has 19 heavy (non-hydrogen) atoms. The van der Waals surface area contributed by atoms with Gasteiger partial charge < -0.3 is 5.73 Å². The van der Waals surface area contributed by atoms with Gasteiger partial charge in [-0.15, -0.1) is 0 Å². The standard InChI is InChI=1S/C16H29N3/c1-4-14(17)11-16-12(2)18-19(13(16)3)15-9-7-5-6-8-10-15/h14-15H,4-11,17H2,1-3H3. The van der Waals surface area contributed by atoms with E-state index in [-0.39, 0.29) is 6.04 Å². The molecular weight excluding hydrogens is 234 g/mol. The van der Waals surface area contributed by atoms with Gasteiger partial charge in [0.05, 0.1) is 11.7 Å². The molecule has 0 amide bonds. The minimum atomic E-state index is 0.268. The number of hydrogen-bond donors (Lipinski definition) is 1. The smallest absolute Gasteiger partial charge is 0.0629 e. The lowest BCUT2D eigenvalue weighted by Gasteiger charge is -2.17. The maximum atomic E-state index is 6.12. The van der Waals surface area contributed by atoms with Crippen LogP contribution in [0, 0.1) is 13.8 Å². The van der Waals surface area contributed by atoms with Crippen molar-refractivity contribution in [3.63, 3.8) is 0 Å². The molecule has 0 radical (unpaired) electrons. The molecule has 0 bridgehead atoms. The number of aryl methyl sites for hydroxylation is 1. The third-order valence-electron chi connectivity index (χ3n) is 4.64. The molecule has 3 heteroatoms. The van der Waals surface area contributed by atoms with Crippen LogP contribution in [0.4, 0.5) is 0 Å². The molecule has 1 fully saturated rings. The van der Waals surface area contributed by atoms with Gasteiger partial charge in [-0.1, -0.05) is 32.6 Å². The zero-order chi connectivity index (χ0) is 13.8. The summed E-state index contributed by atoms with van der Waals surface area (Å²) in [6.07, 6.45) is 10.1. The average Bonchev–Trinajstić information content (AvgIpc) is 2.65. The molecule has 1 aromatic rings. The maximum absolute atomic E-state index is 6.12. The highest BCUT2D eigenvalue weighted by Gasteiger charge is 2.20. The molecule has 0 saturated heterocycles. The average molecular weight is 263 g/mol. The van der Waals surface area contributed by atoms with Gasteiger partial charge in [0.15, 0.2) is 0 Å². The van der Waals surface area contributed by atoms with E-state index in [1.165, 1.54) is 55.5 Å². The number of nitrogens with zero attached hydrogens (tertiary/aromatic N) is 2. The monoisotopic (exact) mass is 263 g/mol. The Kier molecular flexibility index (Phi) is 5.03. The fraction of sp³-hybridized carbons (Fsp3) is 0.812. The van der Waals surface area contributed by atoms with E-state index in [9.17, 15) is 0 Å². The zero-order valence-electron chi connectivity index (χ0n) is 12.8. The molecule has 1 atom stereocenters. The van der Waals surface area contributed by atoms with Crippen molar-refractivity contribution in [2.24, 2.45) is 5.73 Å². The number of hydrogen-bond acceptors (Lipinski definition) is 2. The summed E-state index contributed by atoms with van der Waals surface area (Å²) in [5.74, 6) is 0. The Balaban J connectivity index is 2.19. The summed E-state index contributed by atoms with van der Waals surface area (Å²) in [5, 5.41) is 4.82. The van der Waals surface area contributed by atoms with E-state index < -0.39 is 0 Å². The van der Waals surface area contributed by atoms with E-state index in [1.54, 1.807) is 0 Å². The van der Waals surface area contributed by atoms with Crippen LogP contribution in [0.5, 0.6) is 0 Å². The van der Waals surface area contributed by atoms with Crippen LogP contribution in [-0.4, -0.2) is 15.8 Å². The van der Waals surface area contributed by atoms with Gasteiger partial charge in [0.2, 0.25) is 0 Å². The van der Waals surface area contributed by atoms with E-state index in [4.69, 9.17) is 10.8 Å². The molecule has 0 aromatic carbocycles. The van der Waals surface area contributed by atoms with Crippen molar-refractivity contribution < 1.29 is 0 Å². The highest BCUT2D eigenvalue weighted by atomic mass is 15.3. The van der Waals surface area contributed by atoms with Gasteiger partial charge in [-0.2, -0.15) is 5.10 Å². The second kappa shape index (κ2) is 6.56. The molecule has 2 N–H and O–H groups in total. The Morgan fingerprint density at radius 2 is 1.84 bits per heavy atom. The Labute approximate surface area is 117 Å². The Morgan fingerprint density at radius 3 is 2.42 bits per heavy atom. The van der Waals surface area contributed by atoms with Crippen LogP contribution in [0.15, 0.2) is 0 Å². The number of rotatable bonds is 4. The van der Waals surface area contributed by atoms with Gasteiger partial charge in [-0.25, -0.2) is 0 Å². The molecule has 0 spiro atoms. The first-order valence-corrected chi connectivity index (χ1v) is 7.93. The lowest BCUT2D eigenvalue weighted by molar-refractivity contribution is 0.396. The molecule has 1 heterocycles. The van der Waals surface area contributed by atoms with Gasteiger partial charge in [-0.05, 0) is 45.1 Å². The first kappa shape index (κ1) is 14.6. The van der Waals surface area contributed by atoms with Crippen LogP contribution in [0.1, 0.15) is 74.9 Å². The van der Waals surface area contributed by atoms with Crippen molar-refractivity contribution >= 4 is 0 Å². The molecule has 2 rings (SSSR count). The third-order valence-corrected chi connectivity index (χ3v) is 4.64. The van der Waals surface area contributed by atoms with Gasteiger partial charge >= 0.3 is 0 Å². The molecular formula is C16H29N3. The number of nitrogens with two attached hydrogens (primary N) is 1. The van der Waals surface area contributed by atoms with E-state index in [0.717, 1.165) is 12.8 Å². The van der Waals surface area contributed by atoms with Gasteiger partial charge in [0.1, 0.15) is 0 Å². The molecule has 1 saturated carbocycles. The van der Waals surface area contributed by atoms with Crippen LogP contribution in [0.25, 0.3) is 0 Å². The van der Waals surface area contributed by atoms with Crippen molar-refractivity contribution in [1.82, 2.24) is 9.78 Å². The number of aromatic nitrogens is 2. The van der Waals surface area contributed by atoms with Crippen molar-refractivity contribution in [2.45, 2.75) is 84.2 Å². The largest absolute Gasteiger partial charge is 0.327 e. The Bertz CT molecular complexity index is 400. The molecule has 1 unspecified atom stereocenters. The molecule has 1 aliphatic rings. The SMILES string of the molecule is CCC(N)Cc1c(C)nn(C2CCCCCC2)c1C. The summed E-state index contributed by atoms with van der Waals surface area (Å²) < 4.78 is 2.30. The second-order valence-electron chi connectivity index (χ2n) is 6.11. The Morgan fingerprint density at radius 1 is 1.21 bits per heavy atom. The highest BCUT2D eigenvalue weighted by molar-refractivity contribution is 5.26. The lowest BCUT2D eigenvalue weighted by atomic mass is 10.0. The normalized spacial score (nSPS) is 19.4. The van der Waals surface area contributed by atoms with Gasteiger partial charge in [-0.3, -0.25) is 4.68 Å². The molecule has 1 aromatic heterocycles. The molecule has 108 valence electrons. The van der Waals surface area contributed by atoms with Crippen LogP contribution in [0.2, 0.25) is 0 Å². The van der Waals surface area contributed by atoms with Crippen molar-refractivity contribution in [1.29, 1.82) is 0 Å². The van der Waals surface area contributed by atoms with Crippen molar-refractivity contribution in [2.75, 3.05) is 0 Å². The van der Waals surface area contributed by atoms with Crippen LogP contribution < -0.4 is 5.73 Å². The predicted molar refractivity (Wildman–Crippen MR) is 80.4 cm³/mol. The first-order valence-electron chi connectivity index (χ1n) is 7.93. The van der Waals surface area contributed by atoms with Crippen LogP contribution in [-0.2, 0) is 6.42 Å². The topological polar surface area (TPSA) is 43.8 Å². The maximum Gasteiger partial charge on any atom is 0.0629 e. The van der Waals surface area contributed by atoms with E-state index in [0.29, 0.717) is 6.04 Å². The summed E-state index contributed by atoms with van der Waals surface area (Å²) in [5.41, 5.74) is 10.0. The molecule has 0 aliphatic heterocycles. The highest BCUT2D eigenvalue weighted by Crippen LogP contribution is 2.29. The first-order chi connectivity index (χ1) is 9.13. The zero-order valence-corrected chi connectivity index (χ0v) is 12.8. The fourth-order valence-corrected chi connectivity index (χ4v) is 3.26. The van der Waals surface area contributed by atoms with Gasteiger partial charge in [0, 0.05) is 11.7 Å². The Hall–Kier alpha value is -0.830. The minimum Gasteiger partial charge on any atom is -0.327 e. The predicted octanol–water partition coefficient (Wildman–Crippen LogP) is 3.68. The van der Waals surface area contributed by atoms with E-state index in [1.807, 2.05) is 0 Å². The van der Waals surface area contributed by atoms with Crippen molar-refractivity contribution in [3.8, 4) is 0 Å². The van der Waals surface area contributed by atoms with Gasteiger partial charge in [0.25, 0.3) is 0 Å². The second-order valence-corrected chi connectivity index (χ2v) is 6.11. The lowest BCUT2D eigenvalue weighted by Crippen LogP contribution is -2.22. The summed E-state index contributed by atoms with van der Waals surface area (Å²) in [7, 11) is 0. The quantitative estimate of drug-likeness (QED) is 0.842. The van der Waals surface area contributed by atoms with Crippen LogP contribution >= 0.6 is 0 Å². The van der Waals surface area contributed by atoms with E-state index >= 15 is 0 Å². The van der Waals surface area contributed by atoms with Crippen LogP contribution in [0.3, 0.4) is 0 Å². The summed E-state index contributed by atoms with van der Waals surface area (Å²) in [4.78, 5) is 0. The molecule has 3 nitrogen and oxygen atoms in total. The fourth-order valence-electron chi connectivity index (χ4n) is 3.26. The summed E-state index contributed by atoms with van der Waals surface area (Å²) in [6.45, 7) is 6.52. The third kappa shape index (κ3) is 3.38. The van der Waals surface area contributed by atoms with Crippen molar-refractivity contribution in [3.05, 3.63) is 17.0 Å². The minimum absolute atomic E-state index is 0.268. The summed E-state index contributed by atoms with van der Waals surface area (Å²) in [6, 6.07) is 0.886. The summed E-state index contributed by atoms with van der Waals surface area (Å²) >= 11 is 0. The van der Waals surface area contributed by atoms with E-state index in [2.05, 4.69) is 25.5 Å². The molecule has 1 aliphatic carbocycles.